The molecule has 1 N–H and O–H groups in total. The molecule has 25 heavy (non-hydrogen) atoms. The Hall–Kier alpha value is -3.23. The van der Waals surface area contributed by atoms with Gasteiger partial charge in [0.05, 0.1) is 23.1 Å². The van der Waals surface area contributed by atoms with Crippen molar-refractivity contribution in [1.29, 1.82) is 0 Å². The minimum Gasteiger partial charge on any atom is -0.273 e. The fraction of sp³-hybridized carbons (Fsp3) is 0.125. The quantitative estimate of drug-likeness (QED) is 0.509. The van der Waals surface area contributed by atoms with E-state index in [1.807, 2.05) is 0 Å². The third-order valence-corrected chi connectivity index (χ3v) is 3.18. The lowest BCUT2D eigenvalue weighted by Crippen LogP contribution is -2.20. The van der Waals surface area contributed by atoms with Gasteiger partial charge in [-0.1, -0.05) is 30.3 Å². The molecule has 0 bridgehead atoms. The lowest BCUT2D eigenvalue weighted by Gasteiger charge is -2.05. The van der Waals surface area contributed by atoms with E-state index < -0.39 is 22.6 Å². The van der Waals surface area contributed by atoms with Crippen molar-refractivity contribution >= 4 is 17.8 Å². The molecule has 130 valence electrons. The van der Waals surface area contributed by atoms with Gasteiger partial charge >= 0.3 is 6.18 Å². The third kappa shape index (κ3) is 5.13. The SMILES string of the molecule is O=C(Cc1ccccc1[N+](=O)[O-])NN=Cc1ccc(C(F)(F)F)cc1. The van der Waals surface area contributed by atoms with Gasteiger partial charge in [0.1, 0.15) is 0 Å². The van der Waals surface area contributed by atoms with E-state index >= 15 is 0 Å². The number of para-hydroxylation sites is 1. The van der Waals surface area contributed by atoms with E-state index in [1.54, 1.807) is 6.07 Å². The molecule has 9 heteroatoms. The van der Waals surface area contributed by atoms with Crippen LogP contribution in [0.5, 0.6) is 0 Å². The van der Waals surface area contributed by atoms with Crippen LogP contribution in [0, 0.1) is 10.1 Å². The molecule has 0 spiro atoms. The Labute approximate surface area is 140 Å². The van der Waals surface area contributed by atoms with Gasteiger partial charge < -0.3 is 0 Å². The number of carbonyl (C=O) groups is 1. The first-order valence-electron chi connectivity index (χ1n) is 6.99. The van der Waals surface area contributed by atoms with Crippen molar-refractivity contribution in [2.45, 2.75) is 12.6 Å². The summed E-state index contributed by atoms with van der Waals surface area (Å²) in [6.07, 6.45) is -3.49. The lowest BCUT2D eigenvalue weighted by atomic mass is 10.1. The zero-order valence-electron chi connectivity index (χ0n) is 12.7. The summed E-state index contributed by atoms with van der Waals surface area (Å²) in [6.45, 7) is 0. The van der Waals surface area contributed by atoms with E-state index in [1.165, 1.54) is 36.5 Å². The number of amides is 1. The predicted molar refractivity (Wildman–Crippen MR) is 84.0 cm³/mol. The molecule has 0 aliphatic rings. The Balaban J connectivity index is 1.96. The molecular weight excluding hydrogens is 339 g/mol. The van der Waals surface area contributed by atoms with Gasteiger partial charge in [0.15, 0.2) is 0 Å². The van der Waals surface area contributed by atoms with E-state index in [-0.39, 0.29) is 17.7 Å². The zero-order chi connectivity index (χ0) is 18.4. The second-order valence-electron chi connectivity index (χ2n) is 4.98. The first-order chi connectivity index (χ1) is 11.8. The van der Waals surface area contributed by atoms with Crippen LogP contribution in [0.1, 0.15) is 16.7 Å². The fourth-order valence-electron chi connectivity index (χ4n) is 1.99. The number of halogens is 3. The average molecular weight is 351 g/mol. The molecule has 6 nitrogen and oxygen atoms in total. The summed E-state index contributed by atoms with van der Waals surface area (Å²) in [6, 6.07) is 10.0. The Kier molecular flexibility index (Phi) is 5.48. The zero-order valence-corrected chi connectivity index (χ0v) is 12.7. The first kappa shape index (κ1) is 18.1. The average Bonchev–Trinajstić information content (AvgIpc) is 2.55. The van der Waals surface area contributed by atoms with Gasteiger partial charge in [-0.05, 0) is 17.7 Å². The second-order valence-corrected chi connectivity index (χ2v) is 4.98. The van der Waals surface area contributed by atoms with Crippen LogP contribution in [0.25, 0.3) is 0 Å². The minimum atomic E-state index is -4.42. The first-order valence-corrected chi connectivity index (χ1v) is 6.99. The summed E-state index contributed by atoms with van der Waals surface area (Å²) < 4.78 is 37.3. The molecule has 2 aromatic carbocycles. The van der Waals surface area contributed by atoms with Crippen molar-refractivity contribution in [2.24, 2.45) is 5.10 Å². The topological polar surface area (TPSA) is 84.6 Å². The Bertz CT molecular complexity index is 802. The molecule has 2 rings (SSSR count). The molecule has 0 saturated heterocycles. The maximum Gasteiger partial charge on any atom is 0.416 e. The summed E-state index contributed by atoms with van der Waals surface area (Å²) in [5.74, 6) is -0.586. The molecule has 0 atom stereocenters. The number of benzene rings is 2. The van der Waals surface area contributed by atoms with Crippen LogP contribution in [-0.2, 0) is 17.4 Å². The smallest absolute Gasteiger partial charge is 0.273 e. The number of carbonyl (C=O) groups excluding carboxylic acids is 1. The number of hydrogen-bond acceptors (Lipinski definition) is 4. The van der Waals surface area contributed by atoms with Gasteiger partial charge in [0.2, 0.25) is 5.91 Å². The van der Waals surface area contributed by atoms with Crippen LogP contribution in [0.4, 0.5) is 18.9 Å². The van der Waals surface area contributed by atoms with Crippen LogP contribution in [0.3, 0.4) is 0 Å². The highest BCUT2D eigenvalue weighted by atomic mass is 19.4. The van der Waals surface area contributed by atoms with Crippen molar-refractivity contribution in [3.05, 3.63) is 75.3 Å². The standard InChI is InChI=1S/C16H12F3N3O3/c17-16(18,19)13-7-5-11(6-8-13)10-20-21-15(23)9-12-3-1-2-4-14(12)22(24)25/h1-8,10H,9H2,(H,21,23). The second kappa shape index (κ2) is 7.56. The van der Waals surface area contributed by atoms with Gasteiger partial charge in [0.25, 0.3) is 5.69 Å². The Morgan fingerprint density at radius 2 is 1.80 bits per heavy atom. The number of hydrogen-bond donors (Lipinski definition) is 1. The Morgan fingerprint density at radius 1 is 1.16 bits per heavy atom. The lowest BCUT2D eigenvalue weighted by molar-refractivity contribution is -0.385. The summed E-state index contributed by atoms with van der Waals surface area (Å²) >= 11 is 0. The fourth-order valence-corrected chi connectivity index (χ4v) is 1.99. The van der Waals surface area contributed by atoms with Crippen molar-refractivity contribution in [3.8, 4) is 0 Å². The number of nitrogens with one attached hydrogen (secondary N) is 1. The highest BCUT2D eigenvalue weighted by Gasteiger charge is 2.29. The molecule has 0 aliphatic carbocycles. The van der Waals surface area contributed by atoms with Crippen LogP contribution >= 0.6 is 0 Å². The molecular formula is C16H12F3N3O3. The van der Waals surface area contributed by atoms with Crippen LogP contribution < -0.4 is 5.43 Å². The molecule has 0 aliphatic heterocycles. The Morgan fingerprint density at radius 3 is 2.40 bits per heavy atom. The van der Waals surface area contributed by atoms with Crippen molar-refractivity contribution < 1.29 is 22.9 Å². The van der Waals surface area contributed by atoms with Crippen LogP contribution in [-0.4, -0.2) is 17.0 Å². The molecule has 2 aromatic rings. The molecule has 1 amide bonds. The largest absolute Gasteiger partial charge is 0.416 e. The number of alkyl halides is 3. The summed E-state index contributed by atoms with van der Waals surface area (Å²) in [7, 11) is 0. The van der Waals surface area contributed by atoms with Crippen molar-refractivity contribution in [3.63, 3.8) is 0 Å². The summed E-state index contributed by atoms with van der Waals surface area (Å²) in [5, 5.41) is 14.5. The van der Waals surface area contributed by atoms with Gasteiger partial charge in [-0.3, -0.25) is 14.9 Å². The number of nitro benzene ring substituents is 1. The number of nitro groups is 1. The number of rotatable bonds is 5. The van der Waals surface area contributed by atoms with Gasteiger partial charge in [-0.15, -0.1) is 0 Å². The van der Waals surface area contributed by atoms with Crippen LogP contribution in [0.15, 0.2) is 53.6 Å². The summed E-state index contributed by atoms with van der Waals surface area (Å²) in [5.41, 5.74) is 1.80. The van der Waals surface area contributed by atoms with E-state index in [0.717, 1.165) is 12.1 Å². The van der Waals surface area contributed by atoms with E-state index in [4.69, 9.17) is 0 Å². The number of hydrazone groups is 1. The highest BCUT2D eigenvalue weighted by Crippen LogP contribution is 2.28. The predicted octanol–water partition coefficient (Wildman–Crippen LogP) is 3.31. The van der Waals surface area contributed by atoms with E-state index in [0.29, 0.717) is 5.56 Å². The highest BCUT2D eigenvalue weighted by molar-refractivity contribution is 5.83. The molecule has 0 saturated carbocycles. The van der Waals surface area contributed by atoms with E-state index in [2.05, 4.69) is 10.5 Å². The van der Waals surface area contributed by atoms with Gasteiger partial charge in [-0.2, -0.15) is 18.3 Å². The normalized spacial score (nSPS) is 11.5. The van der Waals surface area contributed by atoms with Gasteiger partial charge in [-0.25, -0.2) is 5.43 Å². The molecule has 0 unspecified atom stereocenters. The maximum absolute atomic E-state index is 12.4. The maximum atomic E-state index is 12.4. The molecule has 0 radical (unpaired) electrons. The van der Waals surface area contributed by atoms with E-state index in [9.17, 15) is 28.1 Å². The number of nitrogens with zero attached hydrogens (tertiary/aromatic N) is 2. The molecule has 0 fully saturated rings. The van der Waals surface area contributed by atoms with Gasteiger partial charge in [0, 0.05) is 11.6 Å². The monoisotopic (exact) mass is 351 g/mol. The molecule has 0 aromatic heterocycles. The third-order valence-electron chi connectivity index (χ3n) is 3.18. The minimum absolute atomic E-state index is 0.177. The van der Waals surface area contributed by atoms with Crippen LogP contribution in [0.2, 0.25) is 0 Å². The van der Waals surface area contributed by atoms with Crippen molar-refractivity contribution in [2.75, 3.05) is 0 Å². The van der Waals surface area contributed by atoms with Crippen molar-refractivity contribution in [1.82, 2.24) is 5.43 Å². The molecule has 0 heterocycles. The summed E-state index contributed by atoms with van der Waals surface area (Å²) in [4.78, 5) is 22.0.